The summed E-state index contributed by atoms with van der Waals surface area (Å²) in [7, 11) is 3.89. The molecule has 2 aromatic rings. The van der Waals surface area contributed by atoms with Gasteiger partial charge in [0.05, 0.1) is 6.54 Å². The fourth-order valence-electron chi connectivity index (χ4n) is 3.19. The summed E-state index contributed by atoms with van der Waals surface area (Å²) in [5, 5.41) is 11.9. The van der Waals surface area contributed by atoms with Gasteiger partial charge in [-0.25, -0.2) is 4.98 Å². The molecule has 1 aliphatic carbocycles. The molecule has 2 fully saturated rings. The molecule has 1 saturated carbocycles. The average molecular weight is 343 g/mol. The summed E-state index contributed by atoms with van der Waals surface area (Å²) in [6.45, 7) is 2.74. The lowest BCUT2D eigenvalue weighted by Gasteiger charge is -2.32. The fraction of sp³-hybridized carbons (Fsp3) is 0.647. The molecule has 25 heavy (non-hydrogen) atoms. The standard InChI is InChI=1S/C17H25N7O/c1-23(2)17-18-8-7-14(20-17)19-13-4-3-9-24(10-13)11-15-21-22-16(25-15)12-5-6-12/h7-8,12-13H,3-6,9-11H2,1-2H3,(H,18,19,20). The molecular formula is C17H25N7O. The van der Waals surface area contributed by atoms with E-state index in [0.29, 0.717) is 12.0 Å². The first kappa shape index (κ1) is 16.3. The van der Waals surface area contributed by atoms with Crippen molar-refractivity contribution in [2.75, 3.05) is 37.4 Å². The number of rotatable bonds is 6. The Balaban J connectivity index is 1.34. The Labute approximate surface area is 147 Å². The molecule has 4 rings (SSSR count). The Morgan fingerprint density at radius 2 is 2.16 bits per heavy atom. The van der Waals surface area contributed by atoms with Crippen LogP contribution in [0.5, 0.6) is 0 Å². The molecule has 134 valence electrons. The molecule has 1 aliphatic heterocycles. The lowest BCUT2D eigenvalue weighted by atomic mass is 10.1. The zero-order valence-corrected chi connectivity index (χ0v) is 14.9. The second-order valence-electron chi connectivity index (χ2n) is 7.16. The van der Waals surface area contributed by atoms with E-state index in [9.17, 15) is 0 Å². The van der Waals surface area contributed by atoms with Crippen molar-refractivity contribution in [1.82, 2.24) is 25.1 Å². The molecule has 1 saturated heterocycles. The summed E-state index contributed by atoms with van der Waals surface area (Å²) in [6.07, 6.45) is 6.45. The van der Waals surface area contributed by atoms with Gasteiger partial charge in [-0.15, -0.1) is 10.2 Å². The molecule has 8 heteroatoms. The number of hydrogen-bond acceptors (Lipinski definition) is 8. The Hall–Kier alpha value is -2.22. The predicted molar refractivity (Wildman–Crippen MR) is 94.6 cm³/mol. The van der Waals surface area contributed by atoms with Gasteiger partial charge in [-0.3, -0.25) is 4.90 Å². The highest BCUT2D eigenvalue weighted by Gasteiger charge is 2.30. The third-order valence-corrected chi connectivity index (χ3v) is 4.67. The van der Waals surface area contributed by atoms with E-state index in [1.54, 1.807) is 6.20 Å². The topological polar surface area (TPSA) is 83.2 Å². The number of likely N-dealkylation sites (tertiary alicyclic amines) is 1. The Morgan fingerprint density at radius 1 is 1.28 bits per heavy atom. The number of piperidine rings is 1. The van der Waals surface area contributed by atoms with Crippen LogP contribution >= 0.6 is 0 Å². The third-order valence-electron chi connectivity index (χ3n) is 4.67. The summed E-state index contributed by atoms with van der Waals surface area (Å²) in [4.78, 5) is 13.1. The molecule has 2 aromatic heterocycles. The van der Waals surface area contributed by atoms with Crippen molar-refractivity contribution in [3.8, 4) is 0 Å². The summed E-state index contributed by atoms with van der Waals surface area (Å²) in [5.41, 5.74) is 0. The first-order valence-corrected chi connectivity index (χ1v) is 8.99. The molecule has 1 atom stereocenters. The van der Waals surface area contributed by atoms with Crippen LogP contribution in [0.15, 0.2) is 16.7 Å². The summed E-state index contributed by atoms with van der Waals surface area (Å²) in [6, 6.07) is 2.29. The van der Waals surface area contributed by atoms with Crippen LogP contribution in [0.1, 0.15) is 43.4 Å². The number of hydrogen-bond donors (Lipinski definition) is 1. The van der Waals surface area contributed by atoms with Gasteiger partial charge < -0.3 is 14.6 Å². The summed E-state index contributed by atoms with van der Waals surface area (Å²) >= 11 is 0. The van der Waals surface area contributed by atoms with Crippen LogP contribution in [-0.4, -0.2) is 58.3 Å². The highest BCUT2D eigenvalue weighted by molar-refractivity contribution is 5.41. The van der Waals surface area contributed by atoms with Gasteiger partial charge in [-0.1, -0.05) is 0 Å². The molecule has 0 spiro atoms. The average Bonchev–Trinajstić information content (AvgIpc) is 3.35. The van der Waals surface area contributed by atoms with Crippen molar-refractivity contribution in [2.45, 2.75) is 44.2 Å². The minimum Gasteiger partial charge on any atom is -0.424 e. The quantitative estimate of drug-likeness (QED) is 0.851. The molecule has 0 amide bonds. The van der Waals surface area contributed by atoms with E-state index in [0.717, 1.165) is 56.0 Å². The smallest absolute Gasteiger partial charge is 0.230 e. The molecule has 0 aromatic carbocycles. The van der Waals surface area contributed by atoms with Crippen LogP contribution in [0.2, 0.25) is 0 Å². The number of aromatic nitrogens is 4. The van der Waals surface area contributed by atoms with Crippen molar-refractivity contribution in [3.63, 3.8) is 0 Å². The molecule has 1 unspecified atom stereocenters. The van der Waals surface area contributed by atoms with E-state index in [2.05, 4.69) is 30.4 Å². The van der Waals surface area contributed by atoms with Crippen LogP contribution in [-0.2, 0) is 6.54 Å². The maximum absolute atomic E-state index is 5.80. The molecule has 2 aliphatic rings. The van der Waals surface area contributed by atoms with Gasteiger partial charge in [-0.2, -0.15) is 4.98 Å². The van der Waals surface area contributed by atoms with Crippen LogP contribution in [0, 0.1) is 0 Å². The molecule has 3 heterocycles. The van der Waals surface area contributed by atoms with E-state index in [1.807, 2.05) is 25.1 Å². The van der Waals surface area contributed by atoms with Gasteiger partial charge >= 0.3 is 0 Å². The maximum atomic E-state index is 5.80. The molecule has 1 N–H and O–H groups in total. The Kier molecular flexibility index (Phi) is 4.52. The number of nitrogens with one attached hydrogen (secondary N) is 1. The van der Waals surface area contributed by atoms with Gasteiger partial charge in [-0.05, 0) is 38.3 Å². The van der Waals surface area contributed by atoms with Crippen LogP contribution in [0.3, 0.4) is 0 Å². The van der Waals surface area contributed by atoms with Gasteiger partial charge in [0, 0.05) is 38.8 Å². The summed E-state index contributed by atoms with van der Waals surface area (Å²) < 4.78 is 5.80. The predicted octanol–water partition coefficient (Wildman–Crippen LogP) is 1.88. The minimum atomic E-state index is 0.365. The first-order valence-electron chi connectivity index (χ1n) is 8.99. The monoisotopic (exact) mass is 343 g/mol. The lowest BCUT2D eigenvalue weighted by molar-refractivity contribution is 0.189. The third kappa shape index (κ3) is 4.07. The van der Waals surface area contributed by atoms with Crippen molar-refractivity contribution in [2.24, 2.45) is 0 Å². The largest absolute Gasteiger partial charge is 0.424 e. The van der Waals surface area contributed by atoms with E-state index in [4.69, 9.17) is 4.42 Å². The van der Waals surface area contributed by atoms with Gasteiger partial charge in [0.25, 0.3) is 0 Å². The van der Waals surface area contributed by atoms with Crippen molar-refractivity contribution in [1.29, 1.82) is 0 Å². The molecule has 0 radical (unpaired) electrons. The van der Waals surface area contributed by atoms with Crippen LogP contribution in [0.4, 0.5) is 11.8 Å². The van der Waals surface area contributed by atoms with Gasteiger partial charge in [0.15, 0.2) is 0 Å². The zero-order chi connectivity index (χ0) is 17.2. The molecule has 0 bridgehead atoms. The second-order valence-corrected chi connectivity index (χ2v) is 7.16. The van der Waals surface area contributed by atoms with E-state index in [-0.39, 0.29) is 0 Å². The zero-order valence-electron chi connectivity index (χ0n) is 14.9. The first-order chi connectivity index (χ1) is 12.2. The second kappa shape index (κ2) is 6.95. The Bertz CT molecular complexity index is 713. The Morgan fingerprint density at radius 3 is 2.96 bits per heavy atom. The van der Waals surface area contributed by atoms with Gasteiger partial charge in [0.2, 0.25) is 17.7 Å². The van der Waals surface area contributed by atoms with Gasteiger partial charge in [0.1, 0.15) is 5.82 Å². The normalized spacial score (nSPS) is 21.3. The molecule has 8 nitrogen and oxygen atoms in total. The summed E-state index contributed by atoms with van der Waals surface area (Å²) in [5.74, 6) is 3.66. The van der Waals surface area contributed by atoms with Crippen molar-refractivity contribution >= 4 is 11.8 Å². The van der Waals surface area contributed by atoms with E-state index in [1.165, 1.54) is 12.8 Å². The minimum absolute atomic E-state index is 0.365. The highest BCUT2D eigenvalue weighted by atomic mass is 16.4. The van der Waals surface area contributed by atoms with Crippen molar-refractivity contribution < 1.29 is 4.42 Å². The SMILES string of the molecule is CN(C)c1nccc(NC2CCCN(Cc3nnc(C4CC4)o3)C2)n1. The molecular weight excluding hydrogens is 318 g/mol. The fourth-order valence-corrected chi connectivity index (χ4v) is 3.19. The van der Waals surface area contributed by atoms with Crippen LogP contribution in [0.25, 0.3) is 0 Å². The van der Waals surface area contributed by atoms with Crippen molar-refractivity contribution in [3.05, 3.63) is 24.0 Å². The van der Waals surface area contributed by atoms with Crippen LogP contribution < -0.4 is 10.2 Å². The van der Waals surface area contributed by atoms with E-state index >= 15 is 0 Å². The van der Waals surface area contributed by atoms with E-state index < -0.39 is 0 Å². The number of nitrogens with zero attached hydrogens (tertiary/aromatic N) is 6. The maximum Gasteiger partial charge on any atom is 0.230 e. The lowest BCUT2D eigenvalue weighted by Crippen LogP contribution is -2.41. The number of anilines is 2. The highest BCUT2D eigenvalue weighted by Crippen LogP contribution is 2.39.